The van der Waals surface area contributed by atoms with Crippen LogP contribution in [0.15, 0.2) is 70.0 Å². The van der Waals surface area contributed by atoms with Crippen LogP contribution < -0.4 is 0 Å². The quantitative estimate of drug-likeness (QED) is 0.445. The normalized spacial score (nSPS) is 12.0. The molecule has 0 aliphatic heterocycles. The van der Waals surface area contributed by atoms with Crippen molar-refractivity contribution in [3.8, 4) is 0 Å². The van der Waals surface area contributed by atoms with Gasteiger partial charge in [-0.15, -0.1) is 11.8 Å². The molecule has 4 heteroatoms. The molecule has 3 aromatic rings. The van der Waals surface area contributed by atoms with Crippen LogP contribution in [0.1, 0.15) is 38.3 Å². The summed E-state index contributed by atoms with van der Waals surface area (Å²) in [6.07, 6.45) is 0. The Hall–Kier alpha value is -2.46. The molecule has 1 atom stereocenters. The molecule has 0 radical (unpaired) electrons. The Kier molecular flexibility index (Phi) is 5.29. The smallest absolute Gasteiger partial charge is 0.341 e. The van der Waals surface area contributed by atoms with Crippen LogP contribution in [0.4, 0.5) is 0 Å². The van der Waals surface area contributed by atoms with Gasteiger partial charge in [0.05, 0.1) is 12.4 Å². The van der Waals surface area contributed by atoms with Gasteiger partial charge in [0, 0.05) is 4.90 Å². The maximum absolute atomic E-state index is 11.9. The molecule has 1 aromatic heterocycles. The number of aryl methyl sites for hydroxylation is 2. The fourth-order valence-corrected chi connectivity index (χ4v) is 3.87. The first-order valence-electron chi connectivity index (χ1n) is 8.06. The van der Waals surface area contributed by atoms with Crippen molar-refractivity contribution in [2.75, 3.05) is 7.11 Å². The fourth-order valence-electron chi connectivity index (χ4n) is 2.68. The van der Waals surface area contributed by atoms with Crippen LogP contribution in [-0.2, 0) is 4.74 Å². The van der Waals surface area contributed by atoms with Crippen molar-refractivity contribution in [1.82, 2.24) is 0 Å². The second kappa shape index (κ2) is 7.62. The number of carbonyl (C=O) groups is 1. The van der Waals surface area contributed by atoms with E-state index in [1.54, 1.807) is 24.8 Å². The summed E-state index contributed by atoms with van der Waals surface area (Å²) in [4.78, 5) is 13.1. The van der Waals surface area contributed by atoms with Crippen molar-refractivity contribution in [1.29, 1.82) is 0 Å². The van der Waals surface area contributed by atoms with Gasteiger partial charge in [-0.25, -0.2) is 4.79 Å². The molecule has 25 heavy (non-hydrogen) atoms. The molecule has 0 aliphatic rings. The van der Waals surface area contributed by atoms with Crippen LogP contribution in [0.25, 0.3) is 0 Å². The maximum atomic E-state index is 11.9. The summed E-state index contributed by atoms with van der Waals surface area (Å²) in [5.74, 6) is 0.950. The van der Waals surface area contributed by atoms with Crippen LogP contribution in [-0.4, -0.2) is 13.1 Å². The zero-order chi connectivity index (χ0) is 17.8. The van der Waals surface area contributed by atoms with Crippen molar-refractivity contribution in [2.24, 2.45) is 0 Å². The van der Waals surface area contributed by atoms with E-state index in [-0.39, 0.29) is 11.2 Å². The molecule has 3 rings (SSSR count). The van der Waals surface area contributed by atoms with E-state index in [2.05, 4.69) is 31.2 Å². The summed E-state index contributed by atoms with van der Waals surface area (Å²) >= 11 is 1.72. The Morgan fingerprint density at radius 2 is 1.72 bits per heavy atom. The molecule has 128 valence electrons. The molecular weight excluding hydrogens is 332 g/mol. The number of hydrogen-bond acceptors (Lipinski definition) is 4. The maximum Gasteiger partial charge on any atom is 0.341 e. The van der Waals surface area contributed by atoms with E-state index in [1.807, 2.05) is 30.3 Å². The molecule has 0 bridgehead atoms. The fraction of sp³-hybridized carbons (Fsp3) is 0.190. The second-order valence-electron chi connectivity index (χ2n) is 5.78. The summed E-state index contributed by atoms with van der Waals surface area (Å²) in [5, 5.41) is -0.0422. The molecule has 0 amide bonds. The number of benzene rings is 2. The average Bonchev–Trinajstić information content (AvgIpc) is 3.02. The standard InChI is InChI=1S/C21H20O3S/c1-14-9-7-8-12-19(14)25-20(16-10-5-4-6-11-16)18-13-17(15(2)24-18)21(22)23-3/h4-13,20H,1-3H3. The largest absolute Gasteiger partial charge is 0.465 e. The van der Waals surface area contributed by atoms with Gasteiger partial charge in [-0.2, -0.15) is 0 Å². The predicted octanol–water partition coefficient (Wildman–Crippen LogP) is 5.56. The van der Waals surface area contributed by atoms with Gasteiger partial charge in [-0.05, 0) is 37.1 Å². The number of methoxy groups -OCH3 is 1. The number of esters is 1. The van der Waals surface area contributed by atoms with E-state index in [4.69, 9.17) is 9.15 Å². The molecule has 3 nitrogen and oxygen atoms in total. The first-order chi connectivity index (χ1) is 12.1. The monoisotopic (exact) mass is 352 g/mol. The first-order valence-corrected chi connectivity index (χ1v) is 8.94. The second-order valence-corrected chi connectivity index (χ2v) is 6.93. The summed E-state index contributed by atoms with van der Waals surface area (Å²) in [5.41, 5.74) is 2.81. The van der Waals surface area contributed by atoms with Crippen molar-refractivity contribution >= 4 is 17.7 Å². The highest BCUT2D eigenvalue weighted by Gasteiger charge is 2.24. The van der Waals surface area contributed by atoms with Gasteiger partial charge in [0.2, 0.25) is 0 Å². The highest BCUT2D eigenvalue weighted by atomic mass is 32.2. The third-order valence-corrected chi connectivity index (χ3v) is 5.49. The number of furan rings is 1. The summed E-state index contributed by atoms with van der Waals surface area (Å²) in [6, 6.07) is 20.2. The zero-order valence-electron chi connectivity index (χ0n) is 14.5. The predicted molar refractivity (Wildman–Crippen MR) is 100 cm³/mol. The molecule has 0 saturated carbocycles. The van der Waals surface area contributed by atoms with Crippen molar-refractivity contribution in [3.63, 3.8) is 0 Å². The Balaban J connectivity index is 2.03. The Bertz CT molecular complexity index is 868. The van der Waals surface area contributed by atoms with Crippen LogP contribution in [0.3, 0.4) is 0 Å². The van der Waals surface area contributed by atoms with E-state index in [0.717, 1.165) is 11.3 Å². The van der Waals surface area contributed by atoms with E-state index in [0.29, 0.717) is 11.3 Å². The highest BCUT2D eigenvalue weighted by molar-refractivity contribution is 7.99. The highest BCUT2D eigenvalue weighted by Crippen LogP contribution is 2.42. The van der Waals surface area contributed by atoms with Gasteiger partial charge < -0.3 is 9.15 Å². The van der Waals surface area contributed by atoms with Crippen molar-refractivity contribution in [2.45, 2.75) is 24.0 Å². The summed E-state index contributed by atoms with van der Waals surface area (Å²) < 4.78 is 10.8. The molecule has 1 heterocycles. The minimum absolute atomic E-state index is 0.0422. The number of ether oxygens (including phenoxy) is 1. The van der Waals surface area contributed by atoms with Gasteiger partial charge >= 0.3 is 5.97 Å². The molecule has 1 unspecified atom stereocenters. The lowest BCUT2D eigenvalue weighted by atomic mass is 10.1. The van der Waals surface area contributed by atoms with Crippen LogP contribution >= 0.6 is 11.8 Å². The van der Waals surface area contributed by atoms with Gasteiger partial charge in [0.1, 0.15) is 17.1 Å². The summed E-state index contributed by atoms with van der Waals surface area (Å²) in [7, 11) is 1.38. The number of rotatable bonds is 5. The van der Waals surface area contributed by atoms with E-state index >= 15 is 0 Å². The third-order valence-electron chi connectivity index (χ3n) is 4.04. The van der Waals surface area contributed by atoms with E-state index in [9.17, 15) is 4.79 Å². The van der Waals surface area contributed by atoms with Crippen LogP contribution in [0.2, 0.25) is 0 Å². The molecule has 0 aliphatic carbocycles. The SMILES string of the molecule is COC(=O)c1cc(C(Sc2ccccc2C)c2ccccc2)oc1C. The van der Waals surface area contributed by atoms with Crippen LogP contribution in [0.5, 0.6) is 0 Å². The molecule has 0 N–H and O–H groups in total. The lowest BCUT2D eigenvalue weighted by Gasteiger charge is -2.16. The van der Waals surface area contributed by atoms with Gasteiger partial charge in [-0.1, -0.05) is 48.5 Å². The van der Waals surface area contributed by atoms with Crippen molar-refractivity contribution < 1.29 is 13.9 Å². The van der Waals surface area contributed by atoms with Gasteiger partial charge in [0.25, 0.3) is 0 Å². The van der Waals surface area contributed by atoms with Crippen molar-refractivity contribution in [3.05, 3.63) is 88.9 Å². The van der Waals surface area contributed by atoms with Crippen LogP contribution in [0, 0.1) is 13.8 Å². The van der Waals surface area contributed by atoms with Gasteiger partial charge in [-0.3, -0.25) is 0 Å². The molecular formula is C21H20O3S. The summed E-state index contributed by atoms with van der Waals surface area (Å²) in [6.45, 7) is 3.88. The lowest BCUT2D eigenvalue weighted by Crippen LogP contribution is -2.01. The molecule has 2 aromatic carbocycles. The van der Waals surface area contributed by atoms with E-state index < -0.39 is 0 Å². The number of thioether (sulfide) groups is 1. The number of carbonyl (C=O) groups excluding carboxylic acids is 1. The van der Waals surface area contributed by atoms with Gasteiger partial charge in [0.15, 0.2) is 0 Å². The Labute approximate surface area is 152 Å². The minimum Gasteiger partial charge on any atom is -0.465 e. The lowest BCUT2D eigenvalue weighted by molar-refractivity contribution is 0.0599. The Morgan fingerprint density at radius 1 is 1.04 bits per heavy atom. The third kappa shape index (κ3) is 3.80. The average molecular weight is 352 g/mol. The minimum atomic E-state index is -0.375. The van der Waals surface area contributed by atoms with E-state index in [1.165, 1.54) is 17.6 Å². The topological polar surface area (TPSA) is 39.4 Å². The zero-order valence-corrected chi connectivity index (χ0v) is 15.3. The molecule has 0 fully saturated rings. The molecule has 0 saturated heterocycles. The Morgan fingerprint density at radius 3 is 2.40 bits per heavy atom. The number of hydrogen-bond donors (Lipinski definition) is 0. The molecule has 0 spiro atoms. The first kappa shape index (κ1) is 17.4.